The van der Waals surface area contributed by atoms with Crippen LogP contribution in [0.25, 0.3) is 0 Å². The highest BCUT2D eigenvalue weighted by atomic mass is 79.9. The number of hydrogen-bond donors (Lipinski definition) is 0. The van der Waals surface area contributed by atoms with E-state index < -0.39 is 71.6 Å². The highest BCUT2D eigenvalue weighted by Gasteiger charge is 2.44. The Bertz CT molecular complexity index is 1120. The van der Waals surface area contributed by atoms with Gasteiger partial charge < -0.3 is 4.90 Å². The molecule has 33 heavy (non-hydrogen) atoms. The summed E-state index contributed by atoms with van der Waals surface area (Å²) in [6.07, 6.45) is -10.2. The lowest BCUT2D eigenvalue weighted by atomic mass is 10.1. The van der Waals surface area contributed by atoms with Gasteiger partial charge in [-0.3, -0.25) is 20.2 Å². The van der Waals surface area contributed by atoms with Gasteiger partial charge in [-0.25, -0.2) is 0 Å². The van der Waals surface area contributed by atoms with Crippen LogP contribution in [0.1, 0.15) is 24.5 Å². The van der Waals surface area contributed by atoms with Crippen molar-refractivity contribution in [3.8, 4) is 0 Å². The van der Waals surface area contributed by atoms with E-state index in [9.17, 15) is 46.6 Å². The van der Waals surface area contributed by atoms with E-state index in [4.69, 9.17) is 0 Å². The number of halogens is 9. The van der Waals surface area contributed by atoms with Crippen molar-refractivity contribution in [2.45, 2.75) is 25.7 Å². The van der Waals surface area contributed by atoms with Gasteiger partial charge in [0, 0.05) is 21.6 Å². The molecule has 0 bridgehead atoms. The predicted octanol–water partition coefficient (Wildman–Crippen LogP) is 8.38. The molecular weight excluding hydrogens is 664 g/mol. The van der Waals surface area contributed by atoms with Gasteiger partial charge in [-0.05, 0) is 44.3 Å². The molecular formula is C17H10Br3F6N3O4. The summed E-state index contributed by atoms with van der Waals surface area (Å²) in [6.45, 7) is 1.10. The summed E-state index contributed by atoms with van der Waals surface area (Å²) in [7, 11) is 0. The average molecular weight is 674 g/mol. The highest BCUT2D eigenvalue weighted by Crippen LogP contribution is 2.52. The Hall–Kier alpha value is -1.94. The summed E-state index contributed by atoms with van der Waals surface area (Å²) in [6, 6.07) is 1.38. The summed E-state index contributed by atoms with van der Waals surface area (Å²) >= 11 is 8.55. The Balaban J connectivity index is 3.08. The maximum absolute atomic E-state index is 13.9. The third-order valence-corrected chi connectivity index (χ3v) is 6.21. The van der Waals surface area contributed by atoms with Crippen LogP contribution >= 0.6 is 47.8 Å². The molecule has 0 aliphatic rings. The van der Waals surface area contributed by atoms with E-state index in [-0.39, 0.29) is 17.0 Å². The molecule has 0 amide bonds. The Morgan fingerprint density at radius 2 is 1.45 bits per heavy atom. The molecule has 16 heteroatoms. The monoisotopic (exact) mass is 671 g/mol. The zero-order valence-corrected chi connectivity index (χ0v) is 20.8. The molecule has 0 fully saturated rings. The van der Waals surface area contributed by atoms with Gasteiger partial charge in [-0.15, -0.1) is 0 Å². The van der Waals surface area contributed by atoms with Gasteiger partial charge in [0.25, 0.3) is 11.4 Å². The second kappa shape index (κ2) is 9.74. The first-order valence-corrected chi connectivity index (χ1v) is 11.0. The molecule has 0 unspecified atom stereocenters. The molecule has 180 valence electrons. The Morgan fingerprint density at radius 1 is 0.879 bits per heavy atom. The van der Waals surface area contributed by atoms with Crippen molar-refractivity contribution in [1.29, 1.82) is 0 Å². The number of non-ortho nitro benzene ring substituents is 1. The fourth-order valence-corrected chi connectivity index (χ4v) is 5.99. The molecule has 0 aliphatic carbocycles. The largest absolute Gasteiger partial charge is 0.418 e. The first-order chi connectivity index (χ1) is 15.0. The molecule has 0 heterocycles. The fraction of sp³-hybridized carbons (Fsp3) is 0.294. The van der Waals surface area contributed by atoms with E-state index in [1.807, 2.05) is 0 Å². The molecule has 0 atom stereocenters. The number of hydrogen-bond acceptors (Lipinski definition) is 5. The van der Waals surface area contributed by atoms with Crippen LogP contribution in [-0.2, 0) is 12.4 Å². The van der Waals surface area contributed by atoms with Gasteiger partial charge in [0.05, 0.1) is 37.2 Å². The fourth-order valence-electron chi connectivity index (χ4n) is 2.99. The zero-order valence-electron chi connectivity index (χ0n) is 16.0. The topological polar surface area (TPSA) is 89.5 Å². The number of nitrogens with zero attached hydrogens (tertiary/aromatic N) is 3. The molecule has 0 saturated heterocycles. The summed E-state index contributed by atoms with van der Waals surface area (Å²) in [5.41, 5.74) is -7.10. The first-order valence-electron chi connectivity index (χ1n) is 8.58. The minimum atomic E-state index is -5.31. The maximum Gasteiger partial charge on any atom is 0.418 e. The molecule has 2 aromatic rings. The van der Waals surface area contributed by atoms with E-state index in [1.165, 1.54) is 6.92 Å². The maximum atomic E-state index is 13.9. The van der Waals surface area contributed by atoms with Crippen molar-refractivity contribution < 1.29 is 36.2 Å². The first kappa shape index (κ1) is 27.3. The number of nitro groups is 2. The quantitative estimate of drug-likeness (QED) is 0.175. The van der Waals surface area contributed by atoms with Crippen LogP contribution in [0.15, 0.2) is 31.6 Å². The summed E-state index contributed by atoms with van der Waals surface area (Å²) < 4.78 is 81.4. The Labute approximate surface area is 206 Å². The van der Waals surface area contributed by atoms with Crippen LogP contribution in [-0.4, -0.2) is 16.4 Å². The molecule has 0 radical (unpaired) electrons. The van der Waals surface area contributed by atoms with E-state index in [2.05, 4.69) is 47.8 Å². The molecule has 2 rings (SSSR count). The van der Waals surface area contributed by atoms with Crippen LogP contribution in [0.5, 0.6) is 0 Å². The van der Waals surface area contributed by atoms with Crippen molar-refractivity contribution in [2.75, 3.05) is 11.4 Å². The normalized spacial score (nSPS) is 12.1. The summed E-state index contributed by atoms with van der Waals surface area (Å²) in [5, 5.41) is 22.7. The van der Waals surface area contributed by atoms with Crippen LogP contribution in [0.3, 0.4) is 0 Å². The van der Waals surface area contributed by atoms with E-state index in [1.54, 1.807) is 0 Å². The predicted molar refractivity (Wildman–Crippen MR) is 117 cm³/mol. The lowest BCUT2D eigenvalue weighted by molar-refractivity contribution is -0.394. The molecule has 0 N–H and O–H groups in total. The van der Waals surface area contributed by atoms with Crippen molar-refractivity contribution in [1.82, 2.24) is 0 Å². The SMILES string of the molecule is CCCN(c1c([N+](=O)[O-])cc([N+](=O)[O-])cc1C(F)(F)F)c1c(Br)cc(Br)c(C(F)(F)F)c1Br. The molecule has 0 spiro atoms. The molecule has 0 aromatic heterocycles. The van der Waals surface area contributed by atoms with E-state index in [0.717, 1.165) is 6.07 Å². The number of nitro benzene ring substituents is 2. The van der Waals surface area contributed by atoms with E-state index >= 15 is 0 Å². The van der Waals surface area contributed by atoms with Crippen LogP contribution < -0.4 is 4.90 Å². The Kier molecular flexibility index (Phi) is 8.06. The lowest BCUT2D eigenvalue weighted by Gasteiger charge is -2.30. The van der Waals surface area contributed by atoms with Gasteiger partial charge >= 0.3 is 12.4 Å². The van der Waals surface area contributed by atoms with Gasteiger partial charge in [0.2, 0.25) is 0 Å². The number of anilines is 2. The third kappa shape index (κ3) is 5.59. The lowest BCUT2D eigenvalue weighted by Crippen LogP contribution is -2.25. The smallest absolute Gasteiger partial charge is 0.334 e. The highest BCUT2D eigenvalue weighted by molar-refractivity contribution is 9.11. The van der Waals surface area contributed by atoms with E-state index in [0.29, 0.717) is 11.0 Å². The minimum Gasteiger partial charge on any atom is -0.334 e. The van der Waals surface area contributed by atoms with Crippen molar-refractivity contribution in [3.05, 3.63) is 63.0 Å². The van der Waals surface area contributed by atoms with Crippen molar-refractivity contribution in [2.24, 2.45) is 0 Å². The summed E-state index contributed by atoms with van der Waals surface area (Å²) in [4.78, 5) is 20.9. The van der Waals surface area contributed by atoms with Gasteiger partial charge in [-0.2, -0.15) is 26.3 Å². The van der Waals surface area contributed by atoms with Gasteiger partial charge in [0.1, 0.15) is 5.69 Å². The summed E-state index contributed by atoms with van der Waals surface area (Å²) in [5.74, 6) is 0. The molecule has 0 saturated carbocycles. The van der Waals surface area contributed by atoms with Crippen LogP contribution in [0.2, 0.25) is 0 Å². The Morgan fingerprint density at radius 3 is 1.88 bits per heavy atom. The average Bonchev–Trinajstić information content (AvgIpc) is 2.63. The molecule has 7 nitrogen and oxygen atoms in total. The number of benzene rings is 2. The minimum absolute atomic E-state index is 0.0573. The third-order valence-electron chi connectivity index (χ3n) is 4.20. The standard InChI is InChI=1S/C17H10Br3F6N3O4/c1-2-3-27(15-10(19)6-9(18)12(13(15)20)17(24,25)26)14-8(16(21,22)23)4-7(28(30)31)5-11(14)29(32)33/h4-6H,2-3H2,1H3. The number of alkyl halides is 6. The van der Waals surface area contributed by atoms with Crippen LogP contribution in [0, 0.1) is 20.2 Å². The molecule has 0 aliphatic heterocycles. The van der Waals surface area contributed by atoms with Crippen molar-refractivity contribution in [3.63, 3.8) is 0 Å². The van der Waals surface area contributed by atoms with Gasteiger partial charge in [-0.1, -0.05) is 22.9 Å². The second-order valence-corrected chi connectivity index (χ2v) is 8.90. The molecule has 2 aromatic carbocycles. The second-order valence-electron chi connectivity index (χ2n) is 6.40. The number of rotatable bonds is 6. The van der Waals surface area contributed by atoms with Crippen molar-refractivity contribution >= 4 is 70.5 Å². The van der Waals surface area contributed by atoms with Crippen LogP contribution in [0.4, 0.5) is 49.1 Å². The zero-order chi connectivity index (χ0) is 25.5. The van der Waals surface area contributed by atoms with Gasteiger partial charge in [0.15, 0.2) is 0 Å².